The molecule has 1 aliphatic carbocycles. The van der Waals surface area contributed by atoms with Crippen molar-refractivity contribution in [3.8, 4) is 0 Å². The van der Waals surface area contributed by atoms with Crippen molar-refractivity contribution in [2.75, 3.05) is 6.61 Å². The lowest BCUT2D eigenvalue weighted by atomic mass is 9.81. The first-order chi connectivity index (χ1) is 5.10. The summed E-state index contributed by atoms with van der Waals surface area (Å²) in [4.78, 5) is 0. The highest BCUT2D eigenvalue weighted by Crippen LogP contribution is 2.44. The summed E-state index contributed by atoms with van der Waals surface area (Å²) in [5.41, 5.74) is 3.34. The summed E-state index contributed by atoms with van der Waals surface area (Å²) in [6.45, 7) is 6.99. The monoisotopic (exact) mass is 154 g/mol. The van der Waals surface area contributed by atoms with E-state index in [1.807, 2.05) is 0 Å². The molecule has 1 heteroatoms. The van der Waals surface area contributed by atoms with Gasteiger partial charge in [-0.1, -0.05) is 18.1 Å². The molecule has 64 valence electrons. The number of rotatable bonds is 2. The first-order valence-electron chi connectivity index (χ1n) is 4.38. The highest BCUT2D eigenvalue weighted by atomic mass is 16.3. The molecular weight excluding hydrogens is 136 g/mol. The SMILES string of the molecule is CC1=C(C)C(C)(CCO)CC1. The molecule has 1 nitrogen and oxygen atoms in total. The van der Waals surface area contributed by atoms with E-state index in [9.17, 15) is 0 Å². The molecule has 1 unspecified atom stereocenters. The molecular formula is C10H18O. The van der Waals surface area contributed by atoms with Gasteiger partial charge in [0.1, 0.15) is 0 Å². The lowest BCUT2D eigenvalue weighted by molar-refractivity contribution is 0.222. The standard InChI is InChI=1S/C10H18O/c1-8-4-5-10(3,6-7-11)9(8)2/h11H,4-7H2,1-3H3. The predicted molar refractivity (Wildman–Crippen MR) is 47.4 cm³/mol. The van der Waals surface area contributed by atoms with Crippen molar-refractivity contribution >= 4 is 0 Å². The fraction of sp³-hybridized carbons (Fsp3) is 0.800. The van der Waals surface area contributed by atoms with Gasteiger partial charge in [-0.3, -0.25) is 0 Å². The normalized spacial score (nSPS) is 31.6. The molecule has 0 saturated carbocycles. The van der Waals surface area contributed by atoms with Crippen LogP contribution in [0.2, 0.25) is 0 Å². The summed E-state index contributed by atoms with van der Waals surface area (Å²) in [6, 6.07) is 0. The minimum absolute atomic E-state index is 0.304. The molecule has 0 aromatic heterocycles. The summed E-state index contributed by atoms with van der Waals surface area (Å²) in [5.74, 6) is 0. The summed E-state index contributed by atoms with van der Waals surface area (Å²) < 4.78 is 0. The topological polar surface area (TPSA) is 20.2 Å². The Morgan fingerprint density at radius 1 is 1.45 bits per heavy atom. The fourth-order valence-corrected chi connectivity index (χ4v) is 1.91. The molecule has 1 aliphatic rings. The highest BCUT2D eigenvalue weighted by Gasteiger charge is 2.31. The summed E-state index contributed by atoms with van der Waals surface area (Å²) in [6.07, 6.45) is 3.38. The van der Waals surface area contributed by atoms with Gasteiger partial charge in [0.15, 0.2) is 0 Å². The molecule has 0 saturated heterocycles. The lowest BCUT2D eigenvalue weighted by Crippen LogP contribution is -2.15. The van der Waals surface area contributed by atoms with Gasteiger partial charge in [-0.05, 0) is 38.5 Å². The van der Waals surface area contributed by atoms with Crippen LogP contribution >= 0.6 is 0 Å². The fourth-order valence-electron chi connectivity index (χ4n) is 1.91. The average Bonchev–Trinajstić information content (AvgIpc) is 2.19. The third-order valence-electron chi connectivity index (χ3n) is 3.26. The highest BCUT2D eigenvalue weighted by molar-refractivity contribution is 5.23. The second kappa shape index (κ2) is 2.98. The molecule has 0 aromatic rings. The van der Waals surface area contributed by atoms with Crippen LogP contribution < -0.4 is 0 Å². The van der Waals surface area contributed by atoms with E-state index in [2.05, 4.69) is 20.8 Å². The summed E-state index contributed by atoms with van der Waals surface area (Å²) >= 11 is 0. The van der Waals surface area contributed by atoms with Gasteiger partial charge in [0.25, 0.3) is 0 Å². The van der Waals surface area contributed by atoms with Crippen molar-refractivity contribution < 1.29 is 5.11 Å². The molecule has 1 rings (SSSR count). The first-order valence-corrected chi connectivity index (χ1v) is 4.38. The van der Waals surface area contributed by atoms with Crippen LogP contribution in [0.25, 0.3) is 0 Å². The Kier molecular flexibility index (Phi) is 2.38. The Balaban J connectivity index is 2.74. The number of hydrogen-bond acceptors (Lipinski definition) is 1. The Morgan fingerprint density at radius 3 is 2.45 bits per heavy atom. The number of aliphatic hydroxyl groups is 1. The lowest BCUT2D eigenvalue weighted by Gasteiger charge is -2.25. The van der Waals surface area contributed by atoms with E-state index in [0.29, 0.717) is 12.0 Å². The molecule has 0 spiro atoms. The molecule has 0 aliphatic heterocycles. The van der Waals surface area contributed by atoms with Crippen LogP contribution in [0.3, 0.4) is 0 Å². The molecule has 0 bridgehead atoms. The van der Waals surface area contributed by atoms with E-state index < -0.39 is 0 Å². The number of hydrogen-bond donors (Lipinski definition) is 1. The van der Waals surface area contributed by atoms with Crippen LogP contribution in [-0.2, 0) is 0 Å². The Labute approximate surface area is 69.1 Å². The quantitative estimate of drug-likeness (QED) is 0.606. The van der Waals surface area contributed by atoms with Crippen molar-refractivity contribution in [3.63, 3.8) is 0 Å². The minimum Gasteiger partial charge on any atom is -0.396 e. The van der Waals surface area contributed by atoms with Crippen LogP contribution in [0.4, 0.5) is 0 Å². The van der Waals surface area contributed by atoms with Crippen molar-refractivity contribution in [3.05, 3.63) is 11.1 Å². The maximum absolute atomic E-state index is 8.87. The van der Waals surface area contributed by atoms with Gasteiger partial charge in [-0.2, -0.15) is 0 Å². The average molecular weight is 154 g/mol. The van der Waals surface area contributed by atoms with E-state index >= 15 is 0 Å². The van der Waals surface area contributed by atoms with Gasteiger partial charge in [0.2, 0.25) is 0 Å². The molecule has 0 aromatic carbocycles. The summed E-state index contributed by atoms with van der Waals surface area (Å²) in [7, 11) is 0. The van der Waals surface area contributed by atoms with Gasteiger partial charge in [0.05, 0.1) is 0 Å². The van der Waals surface area contributed by atoms with Gasteiger partial charge in [0, 0.05) is 6.61 Å². The largest absolute Gasteiger partial charge is 0.396 e. The molecule has 11 heavy (non-hydrogen) atoms. The third kappa shape index (κ3) is 1.48. The van der Waals surface area contributed by atoms with Crippen molar-refractivity contribution in [1.29, 1.82) is 0 Å². The Bertz CT molecular complexity index is 181. The maximum atomic E-state index is 8.87. The Hall–Kier alpha value is -0.300. The van der Waals surface area contributed by atoms with Crippen molar-refractivity contribution in [2.24, 2.45) is 5.41 Å². The van der Waals surface area contributed by atoms with E-state index in [-0.39, 0.29) is 0 Å². The molecule has 0 amide bonds. The zero-order chi connectivity index (χ0) is 8.48. The van der Waals surface area contributed by atoms with Crippen molar-refractivity contribution in [2.45, 2.75) is 40.0 Å². The zero-order valence-corrected chi connectivity index (χ0v) is 7.78. The number of allylic oxidation sites excluding steroid dienone is 2. The minimum atomic E-state index is 0.304. The van der Waals surface area contributed by atoms with Crippen LogP contribution in [0, 0.1) is 5.41 Å². The van der Waals surface area contributed by atoms with Crippen LogP contribution in [0.1, 0.15) is 40.0 Å². The van der Waals surface area contributed by atoms with E-state index in [4.69, 9.17) is 5.11 Å². The first kappa shape index (κ1) is 8.79. The van der Waals surface area contributed by atoms with Crippen molar-refractivity contribution in [1.82, 2.24) is 0 Å². The maximum Gasteiger partial charge on any atom is 0.0439 e. The zero-order valence-electron chi connectivity index (χ0n) is 7.78. The van der Waals surface area contributed by atoms with Gasteiger partial charge < -0.3 is 5.11 Å². The van der Waals surface area contributed by atoms with Crippen LogP contribution in [0.15, 0.2) is 11.1 Å². The van der Waals surface area contributed by atoms with Crippen LogP contribution in [0.5, 0.6) is 0 Å². The number of aliphatic hydroxyl groups excluding tert-OH is 1. The second-order valence-corrected chi connectivity index (χ2v) is 3.94. The van der Waals surface area contributed by atoms with E-state index in [0.717, 1.165) is 6.42 Å². The molecule has 1 atom stereocenters. The van der Waals surface area contributed by atoms with E-state index in [1.54, 1.807) is 0 Å². The van der Waals surface area contributed by atoms with Gasteiger partial charge in [-0.15, -0.1) is 0 Å². The van der Waals surface area contributed by atoms with Gasteiger partial charge >= 0.3 is 0 Å². The smallest absolute Gasteiger partial charge is 0.0439 e. The molecule has 1 N–H and O–H groups in total. The van der Waals surface area contributed by atoms with Gasteiger partial charge in [-0.25, -0.2) is 0 Å². The van der Waals surface area contributed by atoms with Crippen LogP contribution in [-0.4, -0.2) is 11.7 Å². The Morgan fingerprint density at radius 2 is 2.09 bits per heavy atom. The second-order valence-electron chi connectivity index (χ2n) is 3.94. The molecule has 0 radical (unpaired) electrons. The summed E-state index contributed by atoms with van der Waals surface area (Å²) in [5, 5.41) is 8.87. The predicted octanol–water partition coefficient (Wildman–Crippen LogP) is 2.51. The molecule has 0 heterocycles. The molecule has 0 fully saturated rings. The van der Waals surface area contributed by atoms with E-state index in [1.165, 1.54) is 24.0 Å². The third-order valence-corrected chi connectivity index (χ3v) is 3.26.